The molecule has 0 spiro atoms. The van der Waals surface area contributed by atoms with Gasteiger partial charge in [0.15, 0.2) is 0 Å². The standard InChI is InChI=1S/C23H27ClN2O2/c1-18(20-6-8-21(9-7-20)23(27)28)17-26-15-13-25(14-16-26)12-2-3-19-4-10-22(24)11-5-19/h2-11,18H,12-17H2,1H3,(H,27,28)/b3-2+. The maximum atomic E-state index is 11.0. The summed E-state index contributed by atoms with van der Waals surface area (Å²) in [5, 5.41) is 9.78. The molecule has 148 valence electrons. The van der Waals surface area contributed by atoms with Crippen LogP contribution in [0.2, 0.25) is 5.02 Å². The molecule has 0 aliphatic carbocycles. The minimum Gasteiger partial charge on any atom is -0.478 e. The summed E-state index contributed by atoms with van der Waals surface area (Å²) >= 11 is 5.91. The van der Waals surface area contributed by atoms with E-state index in [1.54, 1.807) is 12.1 Å². The fourth-order valence-corrected chi connectivity index (χ4v) is 3.64. The Kier molecular flexibility index (Phi) is 7.26. The van der Waals surface area contributed by atoms with Crippen LogP contribution < -0.4 is 0 Å². The largest absolute Gasteiger partial charge is 0.478 e. The molecule has 1 saturated heterocycles. The van der Waals surface area contributed by atoms with Crippen LogP contribution in [0.1, 0.15) is 34.3 Å². The Hall–Kier alpha value is -2.14. The minimum absolute atomic E-state index is 0.344. The lowest BCUT2D eigenvalue weighted by Gasteiger charge is -2.35. The number of benzene rings is 2. The van der Waals surface area contributed by atoms with Crippen molar-refractivity contribution < 1.29 is 9.90 Å². The molecule has 1 fully saturated rings. The van der Waals surface area contributed by atoms with Crippen molar-refractivity contribution in [2.45, 2.75) is 12.8 Å². The van der Waals surface area contributed by atoms with Crippen molar-refractivity contribution in [2.24, 2.45) is 0 Å². The van der Waals surface area contributed by atoms with Gasteiger partial charge in [0.05, 0.1) is 5.56 Å². The van der Waals surface area contributed by atoms with Crippen molar-refractivity contribution in [1.82, 2.24) is 9.80 Å². The third-order valence-electron chi connectivity index (χ3n) is 5.27. The van der Waals surface area contributed by atoms with Crippen molar-refractivity contribution in [3.8, 4) is 0 Å². The van der Waals surface area contributed by atoms with Gasteiger partial charge in [-0.2, -0.15) is 0 Å². The van der Waals surface area contributed by atoms with Crippen molar-refractivity contribution in [3.63, 3.8) is 0 Å². The van der Waals surface area contributed by atoms with Gasteiger partial charge < -0.3 is 10.0 Å². The molecule has 0 aromatic heterocycles. The number of carboxylic acid groups (broad SMARTS) is 1. The molecule has 0 radical (unpaired) electrons. The van der Waals surface area contributed by atoms with Crippen LogP contribution in [0, 0.1) is 0 Å². The highest BCUT2D eigenvalue weighted by molar-refractivity contribution is 6.30. The quantitative estimate of drug-likeness (QED) is 0.747. The van der Waals surface area contributed by atoms with Gasteiger partial charge in [-0.05, 0) is 41.3 Å². The van der Waals surface area contributed by atoms with Crippen molar-refractivity contribution in [2.75, 3.05) is 39.3 Å². The predicted octanol–water partition coefficient (Wildman–Crippen LogP) is 4.47. The molecule has 3 rings (SSSR count). The zero-order valence-corrected chi connectivity index (χ0v) is 17.0. The fraction of sp³-hybridized carbons (Fsp3) is 0.348. The Bertz CT molecular complexity index is 794. The minimum atomic E-state index is -0.875. The molecule has 1 N–H and O–H groups in total. The van der Waals surface area contributed by atoms with E-state index in [0.717, 1.165) is 44.3 Å². The van der Waals surface area contributed by atoms with E-state index in [4.69, 9.17) is 16.7 Å². The van der Waals surface area contributed by atoms with Crippen LogP contribution in [0.15, 0.2) is 54.6 Å². The second-order valence-corrected chi connectivity index (χ2v) is 7.82. The van der Waals surface area contributed by atoms with Crippen molar-refractivity contribution in [3.05, 3.63) is 76.3 Å². The van der Waals surface area contributed by atoms with Crippen LogP contribution >= 0.6 is 11.6 Å². The lowest BCUT2D eigenvalue weighted by atomic mass is 9.99. The predicted molar refractivity (Wildman–Crippen MR) is 115 cm³/mol. The molecule has 5 heteroatoms. The number of nitrogens with zero attached hydrogens (tertiary/aromatic N) is 2. The summed E-state index contributed by atoms with van der Waals surface area (Å²) in [6.45, 7) is 8.42. The number of piperazine rings is 1. The first-order valence-electron chi connectivity index (χ1n) is 9.71. The average molecular weight is 399 g/mol. The molecule has 1 heterocycles. The summed E-state index contributed by atoms with van der Waals surface area (Å²) < 4.78 is 0. The van der Waals surface area contributed by atoms with Crippen LogP contribution in [-0.2, 0) is 0 Å². The normalized spacial score (nSPS) is 17.1. The number of carbonyl (C=O) groups is 1. The molecular weight excluding hydrogens is 372 g/mol. The van der Waals surface area contributed by atoms with E-state index >= 15 is 0 Å². The lowest BCUT2D eigenvalue weighted by Crippen LogP contribution is -2.47. The van der Waals surface area contributed by atoms with Crippen LogP contribution in [0.4, 0.5) is 0 Å². The summed E-state index contributed by atoms with van der Waals surface area (Å²) in [6, 6.07) is 15.1. The van der Waals surface area contributed by atoms with E-state index in [1.165, 1.54) is 11.1 Å². The molecule has 1 aliphatic heterocycles. The molecule has 1 aliphatic rings. The molecule has 0 amide bonds. The highest BCUT2D eigenvalue weighted by Gasteiger charge is 2.18. The maximum absolute atomic E-state index is 11.0. The molecule has 1 atom stereocenters. The zero-order valence-electron chi connectivity index (χ0n) is 16.2. The van der Waals surface area contributed by atoms with Gasteiger partial charge in [0.25, 0.3) is 0 Å². The van der Waals surface area contributed by atoms with Gasteiger partial charge in [-0.3, -0.25) is 4.90 Å². The second-order valence-electron chi connectivity index (χ2n) is 7.38. The molecule has 2 aromatic rings. The Morgan fingerprint density at radius 2 is 1.64 bits per heavy atom. The smallest absolute Gasteiger partial charge is 0.335 e. The Labute approximate surface area is 172 Å². The van der Waals surface area contributed by atoms with Gasteiger partial charge in [-0.25, -0.2) is 4.79 Å². The fourth-order valence-electron chi connectivity index (χ4n) is 3.51. The number of halogens is 1. The lowest BCUT2D eigenvalue weighted by molar-refractivity contribution is 0.0697. The molecule has 4 nitrogen and oxygen atoms in total. The van der Waals surface area contributed by atoms with Gasteiger partial charge >= 0.3 is 5.97 Å². The van der Waals surface area contributed by atoms with E-state index in [-0.39, 0.29) is 0 Å². The zero-order chi connectivity index (χ0) is 19.9. The summed E-state index contributed by atoms with van der Waals surface area (Å²) in [7, 11) is 0. The van der Waals surface area contributed by atoms with Gasteiger partial charge in [0, 0.05) is 44.3 Å². The van der Waals surface area contributed by atoms with Crippen molar-refractivity contribution in [1.29, 1.82) is 0 Å². The van der Waals surface area contributed by atoms with Crippen LogP contribution in [0.25, 0.3) is 6.08 Å². The second kappa shape index (κ2) is 9.87. The molecule has 1 unspecified atom stereocenters. The molecular formula is C23H27ClN2O2. The summed E-state index contributed by atoms with van der Waals surface area (Å²) in [5.41, 5.74) is 2.71. The monoisotopic (exact) mass is 398 g/mol. The number of hydrogen-bond donors (Lipinski definition) is 1. The van der Waals surface area contributed by atoms with E-state index in [9.17, 15) is 4.79 Å². The van der Waals surface area contributed by atoms with E-state index in [1.807, 2.05) is 36.4 Å². The Balaban J connectivity index is 1.42. The molecule has 0 saturated carbocycles. The first-order valence-corrected chi connectivity index (χ1v) is 10.1. The van der Waals surface area contributed by atoms with Crippen LogP contribution in [0.5, 0.6) is 0 Å². The third-order valence-corrected chi connectivity index (χ3v) is 5.52. The topological polar surface area (TPSA) is 43.8 Å². The first-order chi connectivity index (χ1) is 13.5. The average Bonchev–Trinajstić information content (AvgIpc) is 2.71. The van der Waals surface area contributed by atoms with E-state index in [0.29, 0.717) is 11.5 Å². The molecule has 2 aromatic carbocycles. The van der Waals surface area contributed by atoms with E-state index < -0.39 is 5.97 Å². The van der Waals surface area contributed by atoms with Gasteiger partial charge in [-0.1, -0.05) is 54.9 Å². The van der Waals surface area contributed by atoms with E-state index in [2.05, 4.69) is 28.9 Å². The SMILES string of the molecule is CC(CN1CCN(C/C=C/c2ccc(Cl)cc2)CC1)c1ccc(C(=O)O)cc1. The van der Waals surface area contributed by atoms with Crippen LogP contribution in [-0.4, -0.2) is 60.1 Å². The van der Waals surface area contributed by atoms with Crippen LogP contribution in [0.3, 0.4) is 0 Å². The van der Waals surface area contributed by atoms with Gasteiger partial charge in [0.1, 0.15) is 0 Å². The Morgan fingerprint density at radius 1 is 1.04 bits per heavy atom. The number of aromatic carboxylic acids is 1. The number of hydrogen-bond acceptors (Lipinski definition) is 3. The molecule has 0 bridgehead atoms. The highest BCUT2D eigenvalue weighted by Crippen LogP contribution is 2.18. The third kappa shape index (κ3) is 5.93. The van der Waals surface area contributed by atoms with Gasteiger partial charge in [-0.15, -0.1) is 0 Å². The number of rotatable bonds is 7. The first kappa shape index (κ1) is 20.6. The maximum Gasteiger partial charge on any atom is 0.335 e. The summed E-state index contributed by atoms with van der Waals surface area (Å²) in [5.74, 6) is -0.486. The highest BCUT2D eigenvalue weighted by atomic mass is 35.5. The Morgan fingerprint density at radius 3 is 2.25 bits per heavy atom. The summed E-state index contributed by atoms with van der Waals surface area (Å²) in [6.07, 6.45) is 4.36. The van der Waals surface area contributed by atoms with Crippen molar-refractivity contribution >= 4 is 23.6 Å². The summed E-state index contributed by atoms with van der Waals surface area (Å²) in [4.78, 5) is 15.9. The number of carboxylic acids is 1. The molecule has 28 heavy (non-hydrogen) atoms. The van der Waals surface area contributed by atoms with Gasteiger partial charge in [0.2, 0.25) is 0 Å².